The average molecular weight is 498 g/mol. The van der Waals surface area contributed by atoms with Crippen molar-refractivity contribution < 1.29 is 18.7 Å². The molecule has 0 aromatic carbocycles. The van der Waals surface area contributed by atoms with Crippen LogP contribution in [0.2, 0.25) is 0 Å². The Balaban J connectivity index is 1.46. The number of ether oxygens (including phenoxy) is 1. The number of aliphatic hydroxyl groups is 1. The van der Waals surface area contributed by atoms with Crippen molar-refractivity contribution >= 4 is 5.52 Å². The highest BCUT2D eigenvalue weighted by atomic mass is 19.1. The third-order valence-electron chi connectivity index (χ3n) is 6.66. The molecule has 1 aliphatic carbocycles. The van der Waals surface area contributed by atoms with Gasteiger partial charge in [0.05, 0.1) is 30.6 Å². The van der Waals surface area contributed by atoms with E-state index in [1.807, 2.05) is 30.0 Å². The summed E-state index contributed by atoms with van der Waals surface area (Å²) in [5.74, 6) is 2.08. The molecule has 192 valence electrons. The Kier molecular flexibility index (Phi) is 7.10. The minimum Gasteiger partial charge on any atom is -0.424 e. The molecule has 0 bridgehead atoms. The average Bonchev–Trinajstić information content (AvgIpc) is 3.57. The molecule has 1 N–H and O–H groups in total. The van der Waals surface area contributed by atoms with Crippen LogP contribution in [0.25, 0.3) is 16.6 Å². The normalized spacial score (nSPS) is 20.1. The summed E-state index contributed by atoms with van der Waals surface area (Å²) < 4.78 is 27.5. The Morgan fingerprint density at radius 3 is 2.72 bits per heavy atom. The van der Waals surface area contributed by atoms with Crippen molar-refractivity contribution in [1.29, 1.82) is 0 Å². The van der Waals surface area contributed by atoms with Crippen molar-refractivity contribution in [3.05, 3.63) is 48.0 Å². The van der Waals surface area contributed by atoms with E-state index in [1.54, 1.807) is 11.6 Å². The van der Waals surface area contributed by atoms with Crippen molar-refractivity contribution in [2.75, 3.05) is 6.61 Å². The molecule has 4 heterocycles. The Morgan fingerprint density at radius 2 is 2.00 bits per heavy atom. The van der Waals surface area contributed by atoms with E-state index in [1.165, 1.54) is 6.92 Å². The van der Waals surface area contributed by atoms with Crippen molar-refractivity contribution in [1.82, 2.24) is 34.6 Å². The number of halogens is 1. The molecular weight excluding hydrogens is 465 g/mol. The summed E-state index contributed by atoms with van der Waals surface area (Å²) in [5, 5.41) is 27.3. The Hall–Kier alpha value is -3.18. The molecule has 36 heavy (non-hydrogen) atoms. The van der Waals surface area contributed by atoms with Gasteiger partial charge in [-0.25, -0.2) is 13.9 Å². The first-order chi connectivity index (χ1) is 17.4. The fraction of sp³-hybridized carbons (Fsp3) is 0.560. The van der Waals surface area contributed by atoms with Crippen LogP contribution in [0, 0.1) is 12.8 Å². The number of aliphatic hydroxyl groups excluding tert-OH is 1. The second-order valence-electron chi connectivity index (χ2n) is 9.79. The van der Waals surface area contributed by atoms with Crippen LogP contribution in [0.3, 0.4) is 0 Å². The highest BCUT2D eigenvalue weighted by molar-refractivity contribution is 5.80. The number of aryl methyl sites for hydroxylation is 1. The molecule has 2 atom stereocenters. The lowest BCUT2D eigenvalue weighted by atomic mass is 9.85. The van der Waals surface area contributed by atoms with E-state index in [4.69, 9.17) is 14.3 Å². The van der Waals surface area contributed by atoms with Crippen LogP contribution in [0.15, 0.2) is 29.1 Å². The summed E-state index contributed by atoms with van der Waals surface area (Å²) in [7, 11) is 0. The fourth-order valence-corrected chi connectivity index (χ4v) is 4.83. The maximum Gasteiger partial charge on any atom is 0.237 e. The van der Waals surface area contributed by atoms with Crippen molar-refractivity contribution in [3.63, 3.8) is 0 Å². The summed E-state index contributed by atoms with van der Waals surface area (Å²) in [6.45, 7) is 5.84. The van der Waals surface area contributed by atoms with Gasteiger partial charge in [-0.2, -0.15) is 10.2 Å². The van der Waals surface area contributed by atoms with Gasteiger partial charge in [0.2, 0.25) is 11.8 Å². The van der Waals surface area contributed by atoms with E-state index < -0.39 is 6.36 Å². The summed E-state index contributed by atoms with van der Waals surface area (Å²) >= 11 is 0. The minimum absolute atomic E-state index is 0.0792. The molecular formula is C25H32FN7O3. The number of alkyl halides is 1. The molecule has 0 saturated heterocycles. The molecule has 1 fully saturated rings. The predicted octanol–water partition coefficient (Wildman–Crippen LogP) is 3.86. The number of hydrogen-bond acceptors (Lipinski definition) is 8. The van der Waals surface area contributed by atoms with Gasteiger partial charge in [0.25, 0.3) is 0 Å². The number of nitrogens with zero attached hydrogens (tertiary/aromatic N) is 7. The van der Waals surface area contributed by atoms with E-state index in [9.17, 15) is 9.50 Å². The van der Waals surface area contributed by atoms with E-state index in [2.05, 4.69) is 26.3 Å². The van der Waals surface area contributed by atoms with Gasteiger partial charge in [0.15, 0.2) is 6.36 Å². The molecule has 0 radical (unpaired) electrons. The summed E-state index contributed by atoms with van der Waals surface area (Å²) in [4.78, 5) is 4.63. The Morgan fingerprint density at radius 1 is 1.19 bits per heavy atom. The van der Waals surface area contributed by atoms with Crippen LogP contribution < -0.4 is 0 Å². The molecule has 11 heteroatoms. The van der Waals surface area contributed by atoms with Crippen LogP contribution in [0.4, 0.5) is 4.39 Å². The van der Waals surface area contributed by atoms with E-state index >= 15 is 0 Å². The highest BCUT2D eigenvalue weighted by Gasteiger charge is 2.26. The van der Waals surface area contributed by atoms with Gasteiger partial charge in [-0.3, -0.25) is 4.68 Å². The zero-order chi connectivity index (χ0) is 25.2. The second-order valence-corrected chi connectivity index (χ2v) is 9.79. The lowest BCUT2D eigenvalue weighted by molar-refractivity contribution is -0.0382. The predicted molar refractivity (Wildman–Crippen MR) is 129 cm³/mol. The minimum atomic E-state index is -1.29. The highest BCUT2D eigenvalue weighted by Crippen LogP contribution is 2.37. The largest absolute Gasteiger partial charge is 0.424 e. The third-order valence-corrected chi connectivity index (χ3v) is 6.66. The fourth-order valence-electron chi connectivity index (χ4n) is 4.83. The van der Waals surface area contributed by atoms with Crippen molar-refractivity contribution in [2.24, 2.45) is 5.92 Å². The first-order valence-corrected chi connectivity index (χ1v) is 12.5. The molecule has 1 aliphatic rings. The van der Waals surface area contributed by atoms with Gasteiger partial charge in [-0.1, -0.05) is 6.92 Å². The maximum atomic E-state index is 13.1. The maximum absolute atomic E-state index is 13.1. The molecule has 10 nitrogen and oxygen atoms in total. The first kappa shape index (κ1) is 24.5. The van der Waals surface area contributed by atoms with Crippen molar-refractivity contribution in [3.8, 4) is 11.1 Å². The standard InChI is InChI=1S/C25H32FN7O3/c1-15(14-35-16(2)26)8-24-27-11-23-21(9-22(33(23)31-24)18-4-6-20(34)7-5-18)19-10-28-32(12-19)13-25-30-29-17(3)36-25/h9-12,15-16,18,20,34H,4-8,13-14H2,1-3H3/t15-,16?,18?,20?/m1/s1. The molecule has 4 aromatic heterocycles. The molecule has 0 spiro atoms. The van der Waals surface area contributed by atoms with Gasteiger partial charge in [-0.15, -0.1) is 10.2 Å². The molecule has 0 aliphatic heterocycles. The summed E-state index contributed by atoms with van der Waals surface area (Å²) in [6.07, 6.45) is 8.05. The first-order valence-electron chi connectivity index (χ1n) is 12.5. The number of rotatable bonds is 9. The topological polar surface area (TPSA) is 116 Å². The lowest BCUT2D eigenvalue weighted by Gasteiger charge is -2.25. The quantitative estimate of drug-likeness (QED) is 0.371. The number of fused-ring (bicyclic) bond motifs is 1. The molecule has 1 unspecified atom stereocenters. The van der Waals surface area contributed by atoms with Gasteiger partial charge in [0, 0.05) is 42.3 Å². The van der Waals surface area contributed by atoms with Crippen LogP contribution in [-0.4, -0.2) is 58.8 Å². The van der Waals surface area contributed by atoms with Gasteiger partial charge < -0.3 is 14.3 Å². The smallest absolute Gasteiger partial charge is 0.237 e. The number of aromatic nitrogens is 7. The van der Waals surface area contributed by atoms with Crippen molar-refractivity contribution in [2.45, 2.75) is 77.8 Å². The van der Waals surface area contributed by atoms with E-state index in [-0.39, 0.29) is 12.0 Å². The Labute approximate surface area is 208 Å². The van der Waals surface area contributed by atoms with Crippen LogP contribution in [0.5, 0.6) is 0 Å². The molecule has 1 saturated carbocycles. The second kappa shape index (κ2) is 10.4. The summed E-state index contributed by atoms with van der Waals surface area (Å²) in [6, 6.07) is 2.17. The molecule has 4 aromatic rings. The van der Waals surface area contributed by atoms with Crippen LogP contribution in [-0.2, 0) is 17.7 Å². The zero-order valence-corrected chi connectivity index (χ0v) is 20.8. The summed E-state index contributed by atoms with van der Waals surface area (Å²) in [5.41, 5.74) is 3.95. The van der Waals surface area contributed by atoms with Gasteiger partial charge in [-0.05, 0) is 44.6 Å². The zero-order valence-electron chi connectivity index (χ0n) is 20.8. The SMILES string of the molecule is Cc1nnc(Cn2cc(-c3cc(C4CCC(O)CC4)n4nc(C[C@@H](C)COC(C)F)ncc34)cn2)o1. The number of hydrogen-bond donors (Lipinski definition) is 1. The third kappa shape index (κ3) is 5.46. The van der Waals surface area contributed by atoms with Crippen LogP contribution >= 0.6 is 0 Å². The molecule has 5 rings (SSSR count). The Bertz CT molecular complexity index is 1310. The molecule has 0 amide bonds. The van der Waals surface area contributed by atoms with Gasteiger partial charge in [0.1, 0.15) is 12.4 Å². The lowest BCUT2D eigenvalue weighted by Crippen LogP contribution is -2.19. The van der Waals surface area contributed by atoms with Gasteiger partial charge >= 0.3 is 0 Å². The van der Waals surface area contributed by atoms with Crippen LogP contribution in [0.1, 0.15) is 68.7 Å². The monoisotopic (exact) mass is 497 g/mol. The van der Waals surface area contributed by atoms with E-state index in [0.717, 1.165) is 48.0 Å². The van der Waals surface area contributed by atoms with E-state index in [0.29, 0.717) is 43.1 Å².